The Labute approximate surface area is 192 Å². The lowest BCUT2D eigenvalue weighted by molar-refractivity contribution is 0.0840. The minimum Gasteiger partial charge on any atom is -0.463 e. The Balaban J connectivity index is 1.40. The van der Waals surface area contributed by atoms with Crippen molar-refractivity contribution < 1.29 is 14.0 Å². The van der Waals surface area contributed by atoms with E-state index in [1.807, 2.05) is 6.07 Å². The first kappa shape index (κ1) is 20.5. The predicted octanol–water partition coefficient (Wildman–Crippen LogP) is 3.82. The van der Waals surface area contributed by atoms with E-state index in [4.69, 9.17) is 16.0 Å². The molecule has 0 fully saturated rings. The van der Waals surface area contributed by atoms with Gasteiger partial charge in [-0.05, 0) is 55.5 Å². The second kappa shape index (κ2) is 8.29. The molecule has 1 aromatic carbocycles. The maximum absolute atomic E-state index is 12.8. The zero-order valence-electron chi connectivity index (χ0n) is 17.3. The lowest BCUT2D eigenvalue weighted by Gasteiger charge is -2.07. The summed E-state index contributed by atoms with van der Waals surface area (Å²) < 4.78 is 8.73. The fraction of sp³-hybridized carbons (Fsp3) is 0.0435. The third-order valence-corrected chi connectivity index (χ3v) is 5.25. The molecule has 0 atom stereocenters. The number of hydrazine groups is 1. The van der Waals surface area contributed by atoms with Crippen LogP contribution in [0.3, 0.4) is 0 Å². The summed E-state index contributed by atoms with van der Waals surface area (Å²) in [5, 5.41) is 4.98. The molecule has 0 saturated carbocycles. The Bertz CT molecular complexity index is 1470. The summed E-state index contributed by atoms with van der Waals surface area (Å²) in [5.41, 5.74) is 7.71. The Morgan fingerprint density at radius 1 is 1.00 bits per heavy atom. The Hall–Kier alpha value is -4.37. The second-order valence-electron chi connectivity index (χ2n) is 7.16. The monoisotopic (exact) mass is 460 g/mol. The second-order valence-corrected chi connectivity index (χ2v) is 7.60. The van der Waals surface area contributed by atoms with Crippen LogP contribution >= 0.6 is 11.6 Å². The van der Waals surface area contributed by atoms with E-state index in [1.54, 1.807) is 76.8 Å². The molecule has 0 unspecified atom stereocenters. The molecule has 33 heavy (non-hydrogen) atoms. The minimum atomic E-state index is -0.588. The molecule has 5 aromatic rings. The number of fused-ring (bicyclic) bond motifs is 1. The van der Waals surface area contributed by atoms with Gasteiger partial charge < -0.3 is 4.42 Å². The van der Waals surface area contributed by atoms with Crippen LogP contribution in [-0.2, 0) is 0 Å². The molecule has 0 radical (unpaired) electrons. The number of nitrogens with zero attached hydrogens (tertiary/aromatic N) is 4. The molecule has 4 aromatic heterocycles. The summed E-state index contributed by atoms with van der Waals surface area (Å²) in [7, 11) is 0. The lowest BCUT2D eigenvalue weighted by Crippen LogP contribution is -2.42. The molecule has 9 nitrogen and oxygen atoms in total. The van der Waals surface area contributed by atoms with Crippen molar-refractivity contribution in [2.45, 2.75) is 6.92 Å². The van der Waals surface area contributed by atoms with Crippen LogP contribution in [0.15, 0.2) is 77.5 Å². The van der Waals surface area contributed by atoms with Crippen molar-refractivity contribution in [1.29, 1.82) is 0 Å². The standard InChI is InChI=1S/C23H17ClN6O3/c1-14-21(29-11-3-2-6-20(29)25-14)23(32)27-26-22(31)17-13-18(19-5-4-12-33-19)30(28-17)16-9-7-15(24)8-10-16/h2-13H,1H3,(H,26,31)(H,27,32). The molecule has 4 heterocycles. The van der Waals surface area contributed by atoms with Crippen molar-refractivity contribution in [3.63, 3.8) is 0 Å². The van der Waals surface area contributed by atoms with Gasteiger partial charge in [-0.3, -0.25) is 24.8 Å². The third kappa shape index (κ3) is 3.85. The molecule has 0 spiro atoms. The van der Waals surface area contributed by atoms with Gasteiger partial charge in [-0.25, -0.2) is 9.67 Å². The highest BCUT2D eigenvalue weighted by Gasteiger charge is 2.21. The van der Waals surface area contributed by atoms with Crippen LogP contribution in [0.4, 0.5) is 0 Å². The highest BCUT2D eigenvalue weighted by atomic mass is 35.5. The quantitative estimate of drug-likeness (QED) is 0.396. The number of halogens is 1. The predicted molar refractivity (Wildman–Crippen MR) is 121 cm³/mol. The van der Waals surface area contributed by atoms with Gasteiger partial charge in [-0.2, -0.15) is 5.10 Å². The van der Waals surface area contributed by atoms with Crippen molar-refractivity contribution in [3.8, 4) is 17.1 Å². The number of rotatable bonds is 4. The van der Waals surface area contributed by atoms with Crippen molar-refractivity contribution in [1.82, 2.24) is 30.0 Å². The molecule has 0 bridgehead atoms. The van der Waals surface area contributed by atoms with Crippen molar-refractivity contribution in [2.75, 3.05) is 0 Å². The van der Waals surface area contributed by atoms with Gasteiger partial charge in [0.1, 0.15) is 17.0 Å². The molecule has 0 saturated heterocycles. The SMILES string of the molecule is Cc1nc2ccccn2c1C(=O)NNC(=O)c1cc(-c2ccco2)n(-c2ccc(Cl)cc2)n1. The van der Waals surface area contributed by atoms with Crippen molar-refractivity contribution in [2.24, 2.45) is 0 Å². The number of carbonyl (C=O) groups is 2. The molecular formula is C23H17ClN6O3. The van der Waals surface area contributed by atoms with Crippen LogP contribution in [0.5, 0.6) is 0 Å². The average Bonchev–Trinajstić information content (AvgIpc) is 3.55. The molecular weight excluding hydrogens is 444 g/mol. The summed E-state index contributed by atoms with van der Waals surface area (Å²) in [4.78, 5) is 29.9. The number of imidazole rings is 1. The van der Waals surface area contributed by atoms with Gasteiger partial charge in [0.05, 0.1) is 17.6 Å². The van der Waals surface area contributed by atoms with Crippen LogP contribution < -0.4 is 10.9 Å². The number of pyridine rings is 1. The molecule has 164 valence electrons. The lowest BCUT2D eigenvalue weighted by atomic mass is 10.2. The molecule has 10 heteroatoms. The van der Waals surface area contributed by atoms with E-state index in [-0.39, 0.29) is 5.69 Å². The zero-order valence-corrected chi connectivity index (χ0v) is 18.1. The molecule has 2 N–H and O–H groups in total. The van der Waals surface area contributed by atoms with Gasteiger partial charge in [0.25, 0.3) is 11.8 Å². The van der Waals surface area contributed by atoms with Crippen LogP contribution in [0, 0.1) is 6.92 Å². The topological polar surface area (TPSA) is 106 Å². The normalized spacial score (nSPS) is 11.0. The van der Waals surface area contributed by atoms with E-state index >= 15 is 0 Å². The molecule has 0 aliphatic heterocycles. The summed E-state index contributed by atoms with van der Waals surface area (Å²) in [6, 6.07) is 17.5. The van der Waals surface area contributed by atoms with Crippen molar-refractivity contribution in [3.05, 3.63) is 95.2 Å². The van der Waals surface area contributed by atoms with E-state index in [0.717, 1.165) is 0 Å². The number of amides is 2. The van der Waals surface area contributed by atoms with E-state index in [0.29, 0.717) is 39.2 Å². The minimum absolute atomic E-state index is 0.0894. The average molecular weight is 461 g/mol. The Kier molecular flexibility index (Phi) is 5.15. The number of aryl methyl sites for hydroxylation is 1. The molecule has 5 rings (SSSR count). The van der Waals surface area contributed by atoms with E-state index in [9.17, 15) is 9.59 Å². The van der Waals surface area contributed by atoms with Gasteiger partial charge in [0.15, 0.2) is 11.5 Å². The highest BCUT2D eigenvalue weighted by Crippen LogP contribution is 2.25. The maximum Gasteiger partial charge on any atom is 0.290 e. The first-order valence-corrected chi connectivity index (χ1v) is 10.3. The Morgan fingerprint density at radius 2 is 1.79 bits per heavy atom. The van der Waals surface area contributed by atoms with Crippen LogP contribution in [0.25, 0.3) is 22.8 Å². The number of hydrogen-bond donors (Lipinski definition) is 2. The fourth-order valence-electron chi connectivity index (χ4n) is 3.49. The van der Waals surface area contributed by atoms with Gasteiger partial charge in [0.2, 0.25) is 0 Å². The summed E-state index contributed by atoms with van der Waals surface area (Å²) in [6.07, 6.45) is 3.27. The zero-order chi connectivity index (χ0) is 22.9. The first-order chi connectivity index (χ1) is 16.0. The van der Waals surface area contributed by atoms with Crippen LogP contribution in [0.1, 0.15) is 26.7 Å². The summed E-state index contributed by atoms with van der Waals surface area (Å²) in [6.45, 7) is 1.73. The number of hydrogen-bond acceptors (Lipinski definition) is 5. The van der Waals surface area contributed by atoms with Gasteiger partial charge in [0, 0.05) is 17.3 Å². The molecule has 0 aliphatic rings. The fourth-order valence-corrected chi connectivity index (χ4v) is 3.62. The number of benzene rings is 1. The molecule has 0 aliphatic carbocycles. The van der Waals surface area contributed by atoms with E-state index < -0.39 is 11.8 Å². The number of nitrogens with one attached hydrogen (secondary N) is 2. The van der Waals surface area contributed by atoms with Gasteiger partial charge >= 0.3 is 0 Å². The smallest absolute Gasteiger partial charge is 0.290 e. The number of carbonyl (C=O) groups excluding carboxylic acids is 2. The first-order valence-electron chi connectivity index (χ1n) is 9.95. The van der Waals surface area contributed by atoms with E-state index in [2.05, 4.69) is 20.9 Å². The van der Waals surface area contributed by atoms with Crippen LogP contribution in [0.2, 0.25) is 5.02 Å². The van der Waals surface area contributed by atoms with Gasteiger partial charge in [-0.1, -0.05) is 17.7 Å². The van der Waals surface area contributed by atoms with E-state index in [1.165, 1.54) is 6.26 Å². The third-order valence-electron chi connectivity index (χ3n) is 5.00. The molecule has 2 amide bonds. The van der Waals surface area contributed by atoms with Gasteiger partial charge in [-0.15, -0.1) is 0 Å². The summed E-state index contributed by atoms with van der Waals surface area (Å²) >= 11 is 6.00. The largest absolute Gasteiger partial charge is 0.463 e. The Morgan fingerprint density at radius 3 is 2.55 bits per heavy atom. The van der Waals surface area contributed by atoms with Crippen LogP contribution in [-0.4, -0.2) is 31.0 Å². The number of furan rings is 1. The summed E-state index contributed by atoms with van der Waals surface area (Å²) in [5.74, 6) is -0.555. The highest BCUT2D eigenvalue weighted by molar-refractivity contribution is 6.30. The maximum atomic E-state index is 12.8. The van der Waals surface area contributed by atoms with Crippen molar-refractivity contribution >= 4 is 29.1 Å². The number of aromatic nitrogens is 4.